The number of rotatable bonds is 6. The second kappa shape index (κ2) is 7.10. The molecule has 0 aliphatic rings. The predicted octanol–water partition coefficient (Wildman–Crippen LogP) is 3.81. The van der Waals surface area contributed by atoms with Crippen molar-refractivity contribution < 1.29 is 9.47 Å². The first-order valence-electron chi connectivity index (χ1n) is 6.53. The molecule has 1 aromatic carbocycles. The Morgan fingerprint density at radius 1 is 1.05 bits per heavy atom. The van der Waals surface area contributed by atoms with Crippen LogP contribution in [0.2, 0.25) is 5.15 Å². The third-order valence-electron chi connectivity index (χ3n) is 2.53. The number of benzene rings is 1. The summed E-state index contributed by atoms with van der Waals surface area (Å²) in [6.45, 7) is 4.95. The van der Waals surface area contributed by atoms with Gasteiger partial charge in [0.05, 0.1) is 6.61 Å². The minimum atomic E-state index is 0.288. The van der Waals surface area contributed by atoms with Gasteiger partial charge >= 0.3 is 0 Å². The maximum absolute atomic E-state index is 5.88. The SMILES string of the molecule is CCCOc1ccc(OCc2nc(C)cc(Cl)n2)cc1. The van der Waals surface area contributed by atoms with Crippen molar-refractivity contribution in [2.45, 2.75) is 26.9 Å². The third kappa shape index (κ3) is 4.38. The highest BCUT2D eigenvalue weighted by molar-refractivity contribution is 6.29. The molecule has 20 heavy (non-hydrogen) atoms. The number of hydrogen-bond donors (Lipinski definition) is 0. The quantitative estimate of drug-likeness (QED) is 0.760. The molecule has 0 atom stereocenters. The third-order valence-corrected chi connectivity index (χ3v) is 2.73. The average Bonchev–Trinajstić information content (AvgIpc) is 2.43. The number of halogens is 1. The molecule has 0 saturated heterocycles. The molecule has 0 aliphatic heterocycles. The molecule has 4 nitrogen and oxygen atoms in total. The molecule has 2 rings (SSSR count). The van der Waals surface area contributed by atoms with E-state index in [0.717, 1.165) is 30.2 Å². The van der Waals surface area contributed by atoms with E-state index in [0.29, 0.717) is 11.0 Å². The lowest BCUT2D eigenvalue weighted by atomic mass is 10.3. The van der Waals surface area contributed by atoms with E-state index in [1.807, 2.05) is 31.2 Å². The van der Waals surface area contributed by atoms with Crippen LogP contribution in [0.5, 0.6) is 11.5 Å². The summed E-state index contributed by atoms with van der Waals surface area (Å²) in [6.07, 6.45) is 0.990. The van der Waals surface area contributed by atoms with Crippen molar-refractivity contribution in [1.29, 1.82) is 0 Å². The number of aromatic nitrogens is 2. The second-order valence-electron chi connectivity index (χ2n) is 4.36. The fourth-order valence-corrected chi connectivity index (χ4v) is 1.91. The Morgan fingerprint density at radius 2 is 1.70 bits per heavy atom. The van der Waals surface area contributed by atoms with Gasteiger partial charge in [0, 0.05) is 5.69 Å². The Labute approximate surface area is 123 Å². The van der Waals surface area contributed by atoms with E-state index >= 15 is 0 Å². The number of ether oxygens (including phenoxy) is 2. The first-order chi connectivity index (χ1) is 9.67. The van der Waals surface area contributed by atoms with E-state index in [4.69, 9.17) is 21.1 Å². The minimum Gasteiger partial charge on any atom is -0.494 e. The van der Waals surface area contributed by atoms with Crippen molar-refractivity contribution in [3.63, 3.8) is 0 Å². The Hall–Kier alpha value is -1.81. The van der Waals surface area contributed by atoms with E-state index in [9.17, 15) is 0 Å². The zero-order valence-electron chi connectivity index (χ0n) is 11.6. The van der Waals surface area contributed by atoms with E-state index in [2.05, 4.69) is 16.9 Å². The van der Waals surface area contributed by atoms with E-state index in [1.54, 1.807) is 6.07 Å². The lowest BCUT2D eigenvalue weighted by Gasteiger charge is -2.08. The van der Waals surface area contributed by atoms with Gasteiger partial charge in [-0.15, -0.1) is 0 Å². The van der Waals surface area contributed by atoms with Crippen LogP contribution in [0, 0.1) is 6.92 Å². The van der Waals surface area contributed by atoms with Crippen molar-refractivity contribution in [3.05, 3.63) is 47.0 Å². The zero-order chi connectivity index (χ0) is 14.4. The van der Waals surface area contributed by atoms with Crippen molar-refractivity contribution in [1.82, 2.24) is 9.97 Å². The highest BCUT2D eigenvalue weighted by Crippen LogP contribution is 2.18. The molecule has 0 fully saturated rings. The monoisotopic (exact) mass is 292 g/mol. The normalized spacial score (nSPS) is 10.3. The standard InChI is InChI=1S/C15H17ClN2O2/c1-3-8-19-12-4-6-13(7-5-12)20-10-15-17-11(2)9-14(16)18-15/h4-7,9H,3,8,10H2,1-2H3. The summed E-state index contributed by atoms with van der Waals surface area (Å²) in [5.41, 5.74) is 0.826. The summed E-state index contributed by atoms with van der Waals surface area (Å²) in [5, 5.41) is 0.430. The molecular formula is C15H17ClN2O2. The van der Waals surface area contributed by atoms with Crippen LogP contribution in [0.15, 0.2) is 30.3 Å². The molecule has 106 valence electrons. The Bertz CT molecular complexity index is 538. The summed E-state index contributed by atoms with van der Waals surface area (Å²) in [6, 6.07) is 9.21. The molecule has 0 aliphatic carbocycles. The van der Waals surface area contributed by atoms with Crippen LogP contribution in [0.3, 0.4) is 0 Å². The van der Waals surface area contributed by atoms with Crippen LogP contribution in [-0.4, -0.2) is 16.6 Å². The van der Waals surface area contributed by atoms with Crippen LogP contribution in [0.1, 0.15) is 24.9 Å². The molecule has 0 unspecified atom stereocenters. The number of nitrogens with zero attached hydrogens (tertiary/aromatic N) is 2. The van der Waals surface area contributed by atoms with Gasteiger partial charge in [0.15, 0.2) is 5.82 Å². The lowest BCUT2D eigenvalue weighted by molar-refractivity contribution is 0.292. The summed E-state index contributed by atoms with van der Waals surface area (Å²) in [5.74, 6) is 2.16. The summed E-state index contributed by atoms with van der Waals surface area (Å²) >= 11 is 5.88. The number of hydrogen-bond acceptors (Lipinski definition) is 4. The Kier molecular flexibility index (Phi) is 5.18. The molecule has 1 heterocycles. The van der Waals surface area contributed by atoms with Crippen LogP contribution < -0.4 is 9.47 Å². The second-order valence-corrected chi connectivity index (χ2v) is 4.74. The summed E-state index contributed by atoms with van der Waals surface area (Å²) < 4.78 is 11.1. The molecule has 1 aromatic heterocycles. The highest BCUT2D eigenvalue weighted by Gasteiger charge is 2.02. The topological polar surface area (TPSA) is 44.2 Å². The van der Waals surface area contributed by atoms with Gasteiger partial charge in [-0.25, -0.2) is 9.97 Å². The van der Waals surface area contributed by atoms with Crippen LogP contribution in [0.25, 0.3) is 0 Å². The fourth-order valence-electron chi connectivity index (χ4n) is 1.65. The smallest absolute Gasteiger partial charge is 0.167 e. The first kappa shape index (κ1) is 14.6. The van der Waals surface area contributed by atoms with Gasteiger partial charge in [-0.3, -0.25) is 0 Å². The molecule has 5 heteroatoms. The predicted molar refractivity (Wildman–Crippen MR) is 78.3 cm³/mol. The summed E-state index contributed by atoms with van der Waals surface area (Å²) in [4.78, 5) is 8.37. The molecule has 0 radical (unpaired) electrons. The summed E-state index contributed by atoms with van der Waals surface area (Å²) in [7, 11) is 0. The van der Waals surface area contributed by atoms with Crippen LogP contribution in [0.4, 0.5) is 0 Å². The molecule has 0 bridgehead atoms. The molecule has 0 amide bonds. The molecule has 0 saturated carbocycles. The van der Waals surface area contributed by atoms with Crippen molar-refractivity contribution >= 4 is 11.6 Å². The van der Waals surface area contributed by atoms with Gasteiger partial charge in [-0.2, -0.15) is 0 Å². The van der Waals surface area contributed by atoms with Gasteiger partial charge in [0.25, 0.3) is 0 Å². The molecule has 0 spiro atoms. The Morgan fingerprint density at radius 3 is 2.30 bits per heavy atom. The lowest BCUT2D eigenvalue weighted by Crippen LogP contribution is -2.03. The molecule has 2 aromatic rings. The zero-order valence-corrected chi connectivity index (χ0v) is 12.4. The number of aryl methyl sites for hydroxylation is 1. The van der Waals surface area contributed by atoms with E-state index < -0.39 is 0 Å². The minimum absolute atomic E-state index is 0.288. The molecule has 0 N–H and O–H groups in total. The molecular weight excluding hydrogens is 276 g/mol. The van der Waals surface area contributed by atoms with Gasteiger partial charge in [-0.1, -0.05) is 18.5 Å². The fraction of sp³-hybridized carbons (Fsp3) is 0.333. The Balaban J connectivity index is 1.93. The van der Waals surface area contributed by atoms with Crippen molar-refractivity contribution in [2.24, 2.45) is 0 Å². The maximum atomic E-state index is 5.88. The highest BCUT2D eigenvalue weighted by atomic mass is 35.5. The maximum Gasteiger partial charge on any atom is 0.167 e. The van der Waals surface area contributed by atoms with E-state index in [1.165, 1.54) is 0 Å². The van der Waals surface area contributed by atoms with Crippen molar-refractivity contribution in [2.75, 3.05) is 6.61 Å². The average molecular weight is 293 g/mol. The van der Waals surface area contributed by atoms with Gasteiger partial charge in [0.1, 0.15) is 23.3 Å². The van der Waals surface area contributed by atoms with Crippen LogP contribution >= 0.6 is 11.6 Å². The van der Waals surface area contributed by atoms with Gasteiger partial charge in [0.2, 0.25) is 0 Å². The van der Waals surface area contributed by atoms with E-state index in [-0.39, 0.29) is 6.61 Å². The first-order valence-corrected chi connectivity index (χ1v) is 6.91. The van der Waals surface area contributed by atoms with Crippen molar-refractivity contribution in [3.8, 4) is 11.5 Å². The largest absolute Gasteiger partial charge is 0.494 e. The van der Waals surface area contributed by atoms with Crippen LogP contribution in [-0.2, 0) is 6.61 Å². The van der Waals surface area contributed by atoms with Gasteiger partial charge in [-0.05, 0) is 43.7 Å². The van der Waals surface area contributed by atoms with Gasteiger partial charge < -0.3 is 9.47 Å².